The van der Waals surface area contributed by atoms with Crippen LogP contribution in [0.15, 0.2) is 46.3 Å². The number of fused-ring (bicyclic) bond motifs is 1. The highest BCUT2D eigenvalue weighted by molar-refractivity contribution is 9.10. The monoisotopic (exact) mass is 417 g/mol. The summed E-state index contributed by atoms with van der Waals surface area (Å²) in [7, 11) is 0. The van der Waals surface area contributed by atoms with Crippen LogP contribution in [0.25, 0.3) is 23.1 Å². The summed E-state index contributed by atoms with van der Waals surface area (Å²) < 4.78 is 6.68. The minimum Gasteiger partial charge on any atom is -0.483 e. The number of aliphatic carboxylic acids is 1. The molecule has 0 unspecified atom stereocenters. The van der Waals surface area contributed by atoms with E-state index < -0.39 is 5.97 Å². The van der Waals surface area contributed by atoms with Gasteiger partial charge >= 0.3 is 5.97 Å². The van der Waals surface area contributed by atoms with Crippen molar-refractivity contribution in [1.29, 1.82) is 0 Å². The smallest absolute Gasteiger partial charge is 0.303 e. The molecule has 3 rings (SSSR count). The predicted molar refractivity (Wildman–Crippen MR) is 105 cm³/mol. The van der Waals surface area contributed by atoms with Crippen LogP contribution in [0.1, 0.15) is 24.1 Å². The number of halogens is 1. The number of ether oxygens (including phenoxy) is 1. The second-order valence-corrected chi connectivity index (χ2v) is 7.21. The first-order valence-corrected chi connectivity index (χ1v) is 9.45. The summed E-state index contributed by atoms with van der Waals surface area (Å²) in [5, 5.41) is 12.5. The number of carbonyl (C=O) groups is 1. The van der Waals surface area contributed by atoms with Gasteiger partial charge in [0, 0.05) is 21.8 Å². The average Bonchev–Trinajstić information content (AvgIpc) is 3.03. The van der Waals surface area contributed by atoms with Gasteiger partial charge in [-0.3, -0.25) is 4.79 Å². The maximum atomic E-state index is 10.5. The Labute approximate surface area is 157 Å². The summed E-state index contributed by atoms with van der Waals surface area (Å²) in [6.45, 7) is 0.399. The van der Waals surface area contributed by atoms with Gasteiger partial charge in [-0.25, -0.2) is 4.98 Å². The molecule has 6 heteroatoms. The first-order valence-electron chi connectivity index (χ1n) is 7.78. The fourth-order valence-electron chi connectivity index (χ4n) is 2.31. The van der Waals surface area contributed by atoms with E-state index in [0.717, 1.165) is 31.7 Å². The summed E-state index contributed by atoms with van der Waals surface area (Å²) in [5.41, 5.74) is 2.78. The highest BCUT2D eigenvalue weighted by Crippen LogP contribution is 2.28. The Morgan fingerprint density at radius 1 is 1.24 bits per heavy atom. The predicted octanol–water partition coefficient (Wildman–Crippen LogP) is 5.47. The van der Waals surface area contributed by atoms with Crippen molar-refractivity contribution in [2.24, 2.45) is 0 Å². The zero-order valence-electron chi connectivity index (χ0n) is 13.3. The molecule has 0 amide bonds. The van der Waals surface area contributed by atoms with Gasteiger partial charge in [-0.05, 0) is 48.2 Å². The number of nitrogens with zero attached hydrogens (tertiary/aromatic N) is 1. The molecule has 0 saturated carbocycles. The fourth-order valence-corrected chi connectivity index (χ4v) is 3.42. The Balaban J connectivity index is 1.70. The standard InChI is InChI=1S/C19H16BrNO3S/c20-15-6-3-13-4-7-16(21-17(13)12-15)8-5-14-9-11-25-19(14)24-10-1-2-18(22)23/h3-9,11-12H,1-2,10H2,(H,22,23). The Kier molecular flexibility index (Phi) is 5.83. The summed E-state index contributed by atoms with van der Waals surface area (Å²) in [6, 6.07) is 12.0. The number of aromatic nitrogens is 1. The van der Waals surface area contributed by atoms with Crippen molar-refractivity contribution in [3.05, 3.63) is 57.5 Å². The van der Waals surface area contributed by atoms with Crippen LogP contribution in [0.5, 0.6) is 5.06 Å². The number of thiophene rings is 1. The van der Waals surface area contributed by atoms with Crippen LogP contribution in [0.2, 0.25) is 0 Å². The van der Waals surface area contributed by atoms with Crippen molar-refractivity contribution in [2.45, 2.75) is 12.8 Å². The van der Waals surface area contributed by atoms with Gasteiger partial charge in [-0.1, -0.05) is 28.1 Å². The third-order valence-corrected chi connectivity index (χ3v) is 4.87. The summed E-state index contributed by atoms with van der Waals surface area (Å²) >= 11 is 4.97. The molecule has 0 aliphatic carbocycles. The van der Waals surface area contributed by atoms with Gasteiger partial charge in [0.05, 0.1) is 17.8 Å². The third kappa shape index (κ3) is 4.90. The first-order chi connectivity index (χ1) is 12.1. The number of benzene rings is 1. The Morgan fingerprint density at radius 3 is 2.92 bits per heavy atom. The molecule has 0 aliphatic rings. The number of hydrogen-bond donors (Lipinski definition) is 1. The first kappa shape index (κ1) is 17.6. The quantitative estimate of drug-likeness (QED) is 0.517. The Hall–Kier alpha value is -2.18. The molecular weight excluding hydrogens is 402 g/mol. The van der Waals surface area contributed by atoms with Gasteiger partial charge in [0.2, 0.25) is 0 Å². The van der Waals surface area contributed by atoms with E-state index in [9.17, 15) is 4.79 Å². The van der Waals surface area contributed by atoms with Crippen LogP contribution in [0, 0.1) is 0 Å². The molecule has 0 saturated heterocycles. The van der Waals surface area contributed by atoms with Gasteiger partial charge in [0.25, 0.3) is 0 Å². The van der Waals surface area contributed by atoms with E-state index in [1.165, 1.54) is 11.3 Å². The van der Waals surface area contributed by atoms with Gasteiger partial charge < -0.3 is 9.84 Å². The maximum Gasteiger partial charge on any atom is 0.303 e. The largest absolute Gasteiger partial charge is 0.483 e. The van der Waals surface area contributed by atoms with Crippen LogP contribution >= 0.6 is 27.3 Å². The molecule has 1 N–H and O–H groups in total. The molecule has 0 aliphatic heterocycles. The van der Waals surface area contributed by atoms with Crippen molar-refractivity contribution in [1.82, 2.24) is 4.98 Å². The maximum absolute atomic E-state index is 10.5. The van der Waals surface area contributed by atoms with E-state index in [1.54, 1.807) is 0 Å². The molecular formula is C19H16BrNO3S. The summed E-state index contributed by atoms with van der Waals surface area (Å²) in [5.74, 6) is -0.802. The van der Waals surface area contributed by atoms with Crippen LogP contribution in [-0.4, -0.2) is 22.7 Å². The molecule has 0 fully saturated rings. The zero-order valence-corrected chi connectivity index (χ0v) is 15.7. The average molecular weight is 418 g/mol. The number of carboxylic acid groups (broad SMARTS) is 1. The second-order valence-electron chi connectivity index (χ2n) is 5.42. The van der Waals surface area contributed by atoms with Crippen LogP contribution in [0.3, 0.4) is 0 Å². The normalized spacial score (nSPS) is 11.2. The zero-order chi connectivity index (χ0) is 17.6. The van der Waals surface area contributed by atoms with Gasteiger partial charge in [-0.2, -0.15) is 0 Å². The minimum absolute atomic E-state index is 0.118. The molecule has 2 heterocycles. The van der Waals surface area contributed by atoms with Crippen molar-refractivity contribution >= 4 is 56.3 Å². The van der Waals surface area contributed by atoms with E-state index in [1.807, 2.05) is 53.9 Å². The lowest BCUT2D eigenvalue weighted by molar-refractivity contribution is -0.137. The highest BCUT2D eigenvalue weighted by atomic mass is 79.9. The van der Waals surface area contributed by atoms with E-state index in [-0.39, 0.29) is 6.42 Å². The lowest BCUT2D eigenvalue weighted by atomic mass is 10.2. The lowest BCUT2D eigenvalue weighted by Crippen LogP contribution is -2.01. The molecule has 1 aromatic carbocycles. The molecule has 0 bridgehead atoms. The van der Waals surface area contributed by atoms with Crippen molar-refractivity contribution in [2.75, 3.05) is 6.61 Å². The number of hydrogen-bond acceptors (Lipinski definition) is 4. The molecule has 128 valence electrons. The van der Waals surface area contributed by atoms with Crippen molar-refractivity contribution in [3.8, 4) is 5.06 Å². The fraction of sp³-hybridized carbons (Fsp3) is 0.158. The molecule has 0 spiro atoms. The van der Waals surface area contributed by atoms with Crippen LogP contribution in [-0.2, 0) is 4.79 Å². The lowest BCUT2D eigenvalue weighted by Gasteiger charge is -2.04. The van der Waals surface area contributed by atoms with Crippen molar-refractivity contribution < 1.29 is 14.6 Å². The molecule has 0 radical (unpaired) electrons. The van der Waals surface area contributed by atoms with Gasteiger partial charge in [-0.15, -0.1) is 11.3 Å². The molecule has 2 aromatic heterocycles. The topological polar surface area (TPSA) is 59.4 Å². The van der Waals surface area contributed by atoms with E-state index in [0.29, 0.717) is 13.0 Å². The molecule has 4 nitrogen and oxygen atoms in total. The van der Waals surface area contributed by atoms with Gasteiger partial charge in [0.15, 0.2) is 5.06 Å². The molecule has 25 heavy (non-hydrogen) atoms. The molecule has 3 aromatic rings. The Morgan fingerprint density at radius 2 is 2.08 bits per heavy atom. The van der Waals surface area contributed by atoms with Crippen LogP contribution < -0.4 is 4.74 Å². The van der Waals surface area contributed by atoms with E-state index in [2.05, 4.69) is 20.9 Å². The summed E-state index contributed by atoms with van der Waals surface area (Å²) in [4.78, 5) is 15.2. The van der Waals surface area contributed by atoms with E-state index in [4.69, 9.17) is 9.84 Å². The Bertz CT molecular complexity index is 920. The summed E-state index contributed by atoms with van der Waals surface area (Å²) in [6.07, 6.45) is 4.53. The van der Waals surface area contributed by atoms with Crippen molar-refractivity contribution in [3.63, 3.8) is 0 Å². The highest BCUT2D eigenvalue weighted by Gasteiger charge is 2.04. The number of carboxylic acids is 1. The second kappa shape index (κ2) is 8.27. The van der Waals surface area contributed by atoms with Crippen LogP contribution in [0.4, 0.5) is 0 Å². The van der Waals surface area contributed by atoms with Gasteiger partial charge in [0.1, 0.15) is 0 Å². The minimum atomic E-state index is -0.802. The third-order valence-electron chi connectivity index (χ3n) is 3.54. The SMILES string of the molecule is O=C(O)CCCOc1sccc1C=Cc1ccc2ccc(Br)cc2n1. The number of pyridine rings is 1. The molecule has 0 atom stereocenters. The number of rotatable bonds is 7. The van der Waals surface area contributed by atoms with E-state index >= 15 is 0 Å².